The van der Waals surface area contributed by atoms with E-state index in [-0.39, 0.29) is 24.8 Å². The van der Waals surface area contributed by atoms with Gasteiger partial charge >= 0.3 is 0 Å². The van der Waals surface area contributed by atoms with E-state index in [4.69, 9.17) is 5.73 Å². The Hall–Kier alpha value is -0.610. The fourth-order valence-electron chi connectivity index (χ4n) is 1.16. The third-order valence-corrected chi connectivity index (χ3v) is 2.73. The largest absolute Gasteiger partial charge is 0.326 e. The van der Waals surface area contributed by atoms with Gasteiger partial charge in [0, 0.05) is 12.7 Å². The average Bonchev–Trinajstić information content (AvgIpc) is 2.71. The standard InChI is InChI=1S/C10H10N2S.2ClH/c11-5-8-1-3-9(4-2-8)10-6-12-7-13-10;;/h1-4,6-7H,5,11H2;2*1H. The summed E-state index contributed by atoms with van der Waals surface area (Å²) in [4.78, 5) is 5.23. The average molecular weight is 263 g/mol. The van der Waals surface area contributed by atoms with Crippen molar-refractivity contribution in [3.63, 3.8) is 0 Å². The molecule has 2 N–H and O–H groups in total. The van der Waals surface area contributed by atoms with E-state index < -0.39 is 0 Å². The van der Waals surface area contributed by atoms with Crippen LogP contribution in [0.5, 0.6) is 0 Å². The van der Waals surface area contributed by atoms with E-state index in [1.807, 2.05) is 11.7 Å². The van der Waals surface area contributed by atoms with Gasteiger partial charge in [-0.05, 0) is 11.1 Å². The molecule has 1 heterocycles. The van der Waals surface area contributed by atoms with Crippen molar-refractivity contribution in [2.45, 2.75) is 6.54 Å². The Bertz CT molecular complexity index is 373. The molecule has 82 valence electrons. The molecule has 0 atom stereocenters. The van der Waals surface area contributed by atoms with Gasteiger partial charge in [-0.1, -0.05) is 24.3 Å². The van der Waals surface area contributed by atoms with E-state index in [1.54, 1.807) is 11.3 Å². The zero-order valence-corrected chi connectivity index (χ0v) is 10.4. The Labute approximate surface area is 105 Å². The molecule has 0 bridgehead atoms. The molecule has 2 rings (SSSR count). The van der Waals surface area contributed by atoms with Gasteiger partial charge in [-0.25, -0.2) is 0 Å². The van der Waals surface area contributed by atoms with Gasteiger partial charge in [0.2, 0.25) is 0 Å². The van der Waals surface area contributed by atoms with E-state index in [0.29, 0.717) is 6.54 Å². The molecular weight excluding hydrogens is 251 g/mol. The fourth-order valence-corrected chi connectivity index (χ4v) is 1.79. The molecule has 15 heavy (non-hydrogen) atoms. The third kappa shape index (κ3) is 3.47. The Balaban J connectivity index is 0.000000980. The van der Waals surface area contributed by atoms with Gasteiger partial charge in [-0.15, -0.1) is 36.2 Å². The summed E-state index contributed by atoms with van der Waals surface area (Å²) in [7, 11) is 0. The molecule has 0 aliphatic heterocycles. The van der Waals surface area contributed by atoms with Crippen LogP contribution in [0.4, 0.5) is 0 Å². The number of hydrogen-bond acceptors (Lipinski definition) is 3. The first-order valence-corrected chi connectivity index (χ1v) is 4.96. The maximum Gasteiger partial charge on any atom is 0.0797 e. The number of benzene rings is 1. The van der Waals surface area contributed by atoms with E-state index in [0.717, 1.165) is 5.56 Å². The molecule has 0 aliphatic rings. The molecule has 0 aliphatic carbocycles. The monoisotopic (exact) mass is 262 g/mol. The van der Waals surface area contributed by atoms with Gasteiger partial charge in [0.1, 0.15) is 0 Å². The lowest BCUT2D eigenvalue weighted by Crippen LogP contribution is -1.94. The van der Waals surface area contributed by atoms with E-state index >= 15 is 0 Å². The van der Waals surface area contributed by atoms with Crippen molar-refractivity contribution in [1.29, 1.82) is 0 Å². The van der Waals surface area contributed by atoms with Gasteiger partial charge < -0.3 is 5.73 Å². The quantitative estimate of drug-likeness (QED) is 0.904. The number of thiazole rings is 1. The van der Waals surface area contributed by atoms with Gasteiger partial charge in [0.25, 0.3) is 0 Å². The van der Waals surface area contributed by atoms with Crippen molar-refractivity contribution in [3.05, 3.63) is 41.5 Å². The van der Waals surface area contributed by atoms with Crippen LogP contribution in [0.25, 0.3) is 10.4 Å². The lowest BCUT2D eigenvalue weighted by atomic mass is 10.1. The molecule has 2 aromatic rings. The first-order chi connectivity index (χ1) is 6.40. The van der Waals surface area contributed by atoms with Crippen LogP contribution in [-0.4, -0.2) is 4.98 Å². The Morgan fingerprint density at radius 2 is 1.80 bits per heavy atom. The molecule has 2 nitrogen and oxygen atoms in total. The SMILES string of the molecule is Cl.Cl.NCc1ccc(-c2cncs2)cc1. The number of hydrogen-bond donors (Lipinski definition) is 1. The molecular formula is C10H12Cl2N2S. The molecule has 5 heteroatoms. The summed E-state index contributed by atoms with van der Waals surface area (Å²) >= 11 is 1.65. The van der Waals surface area contributed by atoms with Gasteiger partial charge in [-0.2, -0.15) is 0 Å². The van der Waals surface area contributed by atoms with Crippen LogP contribution in [0.2, 0.25) is 0 Å². The highest BCUT2D eigenvalue weighted by molar-refractivity contribution is 7.13. The normalized spacial score (nSPS) is 8.87. The molecule has 0 fully saturated rings. The molecule has 0 amide bonds. The predicted octanol–water partition coefficient (Wildman–Crippen LogP) is 3.11. The van der Waals surface area contributed by atoms with Crippen molar-refractivity contribution < 1.29 is 0 Å². The van der Waals surface area contributed by atoms with Crippen LogP contribution in [0.1, 0.15) is 5.56 Å². The van der Waals surface area contributed by atoms with E-state index in [9.17, 15) is 0 Å². The minimum atomic E-state index is 0. The second-order valence-corrected chi connectivity index (χ2v) is 3.65. The highest BCUT2D eigenvalue weighted by Gasteiger charge is 1.97. The second-order valence-electron chi connectivity index (χ2n) is 2.77. The van der Waals surface area contributed by atoms with Crippen molar-refractivity contribution in [2.24, 2.45) is 5.73 Å². The van der Waals surface area contributed by atoms with Crippen molar-refractivity contribution in [2.75, 3.05) is 0 Å². The molecule has 0 radical (unpaired) electrons. The third-order valence-electron chi connectivity index (χ3n) is 1.91. The summed E-state index contributed by atoms with van der Waals surface area (Å²) in [5.41, 5.74) is 9.72. The van der Waals surface area contributed by atoms with Crippen LogP contribution < -0.4 is 5.73 Å². The zero-order chi connectivity index (χ0) is 9.10. The second kappa shape index (κ2) is 6.80. The van der Waals surface area contributed by atoms with Gasteiger partial charge in [0.15, 0.2) is 0 Å². The van der Waals surface area contributed by atoms with E-state index in [1.165, 1.54) is 10.4 Å². The summed E-state index contributed by atoms with van der Waals surface area (Å²) < 4.78 is 0. The Kier molecular flexibility index (Phi) is 6.52. The van der Waals surface area contributed by atoms with Crippen LogP contribution in [-0.2, 0) is 6.54 Å². The van der Waals surface area contributed by atoms with Crippen LogP contribution in [0.3, 0.4) is 0 Å². The van der Waals surface area contributed by atoms with Crippen molar-refractivity contribution >= 4 is 36.2 Å². The maximum absolute atomic E-state index is 5.51. The first-order valence-electron chi connectivity index (χ1n) is 4.08. The fraction of sp³-hybridized carbons (Fsp3) is 0.100. The molecule has 0 unspecified atom stereocenters. The summed E-state index contributed by atoms with van der Waals surface area (Å²) in [5, 5.41) is 0. The lowest BCUT2D eigenvalue weighted by molar-refractivity contribution is 1.07. The number of nitrogens with zero attached hydrogens (tertiary/aromatic N) is 1. The lowest BCUT2D eigenvalue weighted by Gasteiger charge is -1.98. The summed E-state index contributed by atoms with van der Waals surface area (Å²) in [6, 6.07) is 8.26. The molecule has 0 saturated carbocycles. The van der Waals surface area contributed by atoms with Crippen LogP contribution >= 0.6 is 36.2 Å². The summed E-state index contributed by atoms with van der Waals surface area (Å²) in [6.07, 6.45) is 1.88. The minimum absolute atomic E-state index is 0. The van der Waals surface area contributed by atoms with Crippen molar-refractivity contribution in [3.8, 4) is 10.4 Å². The number of aromatic nitrogens is 1. The Morgan fingerprint density at radius 3 is 2.27 bits per heavy atom. The zero-order valence-electron chi connectivity index (χ0n) is 7.92. The van der Waals surface area contributed by atoms with Crippen molar-refractivity contribution in [1.82, 2.24) is 4.98 Å². The van der Waals surface area contributed by atoms with Crippen LogP contribution in [0, 0.1) is 0 Å². The molecule has 0 spiro atoms. The number of nitrogens with two attached hydrogens (primary N) is 1. The molecule has 0 saturated heterocycles. The maximum atomic E-state index is 5.51. The Morgan fingerprint density at radius 1 is 1.13 bits per heavy atom. The van der Waals surface area contributed by atoms with Crippen LogP contribution in [0.15, 0.2) is 36.0 Å². The predicted molar refractivity (Wildman–Crippen MR) is 69.9 cm³/mol. The summed E-state index contributed by atoms with van der Waals surface area (Å²) in [6.45, 7) is 0.600. The smallest absolute Gasteiger partial charge is 0.0797 e. The topological polar surface area (TPSA) is 38.9 Å². The van der Waals surface area contributed by atoms with Gasteiger partial charge in [0.05, 0.1) is 10.4 Å². The number of halogens is 2. The molecule has 1 aromatic heterocycles. The first kappa shape index (κ1) is 14.4. The molecule has 1 aromatic carbocycles. The number of rotatable bonds is 2. The highest BCUT2D eigenvalue weighted by atomic mass is 35.5. The van der Waals surface area contributed by atoms with E-state index in [2.05, 4.69) is 29.2 Å². The summed E-state index contributed by atoms with van der Waals surface area (Å²) in [5.74, 6) is 0. The minimum Gasteiger partial charge on any atom is -0.326 e. The highest BCUT2D eigenvalue weighted by Crippen LogP contribution is 2.22. The van der Waals surface area contributed by atoms with Gasteiger partial charge in [-0.3, -0.25) is 4.98 Å².